The molecule has 0 saturated heterocycles. The minimum atomic E-state index is -4.86. The highest BCUT2D eigenvalue weighted by molar-refractivity contribution is 5.97. The van der Waals surface area contributed by atoms with Crippen molar-refractivity contribution in [2.75, 3.05) is 23.7 Å². The molecular weight excluding hydrogens is 534 g/mol. The molecule has 1 spiro atoms. The van der Waals surface area contributed by atoms with Gasteiger partial charge in [0.05, 0.1) is 46.5 Å². The number of hydrogen-bond acceptors (Lipinski definition) is 9. The summed E-state index contributed by atoms with van der Waals surface area (Å²) in [4.78, 5) is 17.1. The van der Waals surface area contributed by atoms with Crippen molar-refractivity contribution in [3.05, 3.63) is 45.8 Å². The van der Waals surface area contributed by atoms with Gasteiger partial charge in [0.1, 0.15) is 28.9 Å². The number of pyridine rings is 1. The van der Waals surface area contributed by atoms with Gasteiger partial charge in [0.2, 0.25) is 0 Å². The number of ether oxygens (including phenoxy) is 1. The summed E-state index contributed by atoms with van der Waals surface area (Å²) in [6.07, 6.45) is -2.95. The number of H-pyrrole nitrogens is 1. The zero-order valence-electron chi connectivity index (χ0n) is 23.6. The Hall–Kier alpha value is -4.71. The summed E-state index contributed by atoms with van der Waals surface area (Å²) in [7, 11) is 1.42. The highest BCUT2D eigenvalue weighted by atomic mass is 19.4. The van der Waals surface area contributed by atoms with Crippen LogP contribution in [0.1, 0.15) is 28.2 Å². The molecule has 1 aliphatic carbocycles. The average molecular weight is 559 g/mol. The molecule has 0 amide bonds. The number of aromatic amines is 1. The number of alkyl halides is 3. The number of benzene rings is 1. The highest BCUT2D eigenvalue weighted by Crippen LogP contribution is 2.54. The van der Waals surface area contributed by atoms with Crippen LogP contribution in [-0.2, 0) is 13.6 Å². The molecule has 1 fully saturated rings. The van der Waals surface area contributed by atoms with Gasteiger partial charge in [-0.2, -0.15) is 28.6 Å². The summed E-state index contributed by atoms with van der Waals surface area (Å²) in [6, 6.07) is 3.86. The van der Waals surface area contributed by atoms with E-state index in [-0.39, 0.29) is 50.7 Å². The molecule has 4 aromatic rings. The van der Waals surface area contributed by atoms with Crippen molar-refractivity contribution < 1.29 is 26.4 Å². The third-order valence-electron chi connectivity index (χ3n) is 7.11. The summed E-state index contributed by atoms with van der Waals surface area (Å²) in [5, 5.41) is 22.7. The van der Waals surface area contributed by atoms with Crippen molar-refractivity contribution in [1.29, 1.82) is 5.26 Å². The monoisotopic (exact) mass is 558 g/mol. The third kappa shape index (κ3) is 3.74. The second-order valence-corrected chi connectivity index (χ2v) is 9.55. The van der Waals surface area contributed by atoms with E-state index in [1.54, 1.807) is 0 Å². The number of aromatic nitrogens is 5. The fourth-order valence-corrected chi connectivity index (χ4v) is 5.05. The molecule has 2 aliphatic rings. The van der Waals surface area contributed by atoms with Crippen molar-refractivity contribution in [2.24, 2.45) is 12.8 Å². The molecule has 0 radical (unpaired) electrons. The van der Waals surface area contributed by atoms with Crippen LogP contribution in [0, 0.1) is 17.1 Å². The Kier molecular flexibility index (Phi) is 4.79. The normalized spacial score (nSPS) is 17.0. The largest absolute Gasteiger partial charge is 0.485 e. The third-order valence-corrected chi connectivity index (χ3v) is 7.11. The molecule has 6 rings (SSSR count). The Morgan fingerprint density at radius 1 is 1.38 bits per heavy atom. The number of anilines is 2. The van der Waals surface area contributed by atoms with Crippen LogP contribution in [0.5, 0.6) is 5.75 Å². The second-order valence-electron chi connectivity index (χ2n) is 9.55. The number of nitrogens with two attached hydrogens (primary N) is 1. The van der Waals surface area contributed by atoms with E-state index in [9.17, 15) is 23.2 Å². The standard InChI is InChI=1S/C25H21F4N9O2/c1-32-22-19-11(16(8-31)35-36-23(19)39)5-15(34-22)13-9-33-37(2)20(13)18-12(7-30)21-17(6-14(18)26)38(25(27,28)29)10-24(40-21)3-4-24/h5-6,9H,3-4,8,10,31H2,1-2H3,(H,32,34)(H,36,39)/i1D3. The highest BCUT2D eigenvalue weighted by Gasteiger charge is 2.56. The Labute approximate surface area is 227 Å². The van der Waals surface area contributed by atoms with E-state index in [1.165, 1.54) is 24.0 Å². The fraction of sp³-hybridized carbons (Fsp3) is 0.320. The molecule has 0 bridgehead atoms. The molecule has 206 valence electrons. The van der Waals surface area contributed by atoms with Crippen molar-refractivity contribution in [3.8, 4) is 34.3 Å². The Morgan fingerprint density at radius 2 is 2.15 bits per heavy atom. The summed E-state index contributed by atoms with van der Waals surface area (Å²) >= 11 is 0. The van der Waals surface area contributed by atoms with E-state index in [4.69, 9.17) is 14.6 Å². The predicted octanol–water partition coefficient (Wildman–Crippen LogP) is 3.15. The van der Waals surface area contributed by atoms with Gasteiger partial charge in [0.25, 0.3) is 5.56 Å². The maximum atomic E-state index is 15.9. The fourth-order valence-electron chi connectivity index (χ4n) is 5.05. The second kappa shape index (κ2) is 8.65. The number of nitrogens with zero attached hydrogens (tertiary/aromatic N) is 6. The van der Waals surface area contributed by atoms with Gasteiger partial charge in [-0.1, -0.05) is 0 Å². The van der Waals surface area contributed by atoms with Gasteiger partial charge in [-0.05, 0) is 18.9 Å². The van der Waals surface area contributed by atoms with E-state index >= 15 is 4.39 Å². The van der Waals surface area contributed by atoms with Crippen molar-refractivity contribution in [2.45, 2.75) is 31.3 Å². The Balaban J connectivity index is 1.62. The van der Waals surface area contributed by atoms with E-state index in [0.29, 0.717) is 18.9 Å². The van der Waals surface area contributed by atoms with Crippen molar-refractivity contribution in [3.63, 3.8) is 0 Å². The molecule has 4 N–H and O–H groups in total. The van der Waals surface area contributed by atoms with Gasteiger partial charge in [-0.3, -0.25) is 14.4 Å². The van der Waals surface area contributed by atoms with E-state index in [0.717, 1.165) is 0 Å². The molecule has 4 heterocycles. The maximum Gasteiger partial charge on any atom is 0.485 e. The summed E-state index contributed by atoms with van der Waals surface area (Å²) in [5.41, 5.74) is 2.57. The molecule has 15 heteroatoms. The number of hydrogen-bond donors (Lipinski definition) is 3. The van der Waals surface area contributed by atoms with Crippen LogP contribution in [-0.4, -0.2) is 50.4 Å². The van der Waals surface area contributed by atoms with Crippen LogP contribution in [0.25, 0.3) is 33.3 Å². The number of fused-ring (bicyclic) bond motifs is 2. The molecular formula is C25H21F4N9O2. The first-order chi connectivity index (χ1) is 20.2. The van der Waals surface area contributed by atoms with Gasteiger partial charge >= 0.3 is 6.30 Å². The molecule has 11 nitrogen and oxygen atoms in total. The zero-order valence-corrected chi connectivity index (χ0v) is 20.6. The smallest absolute Gasteiger partial charge is 0.482 e. The quantitative estimate of drug-likeness (QED) is 0.253. The first kappa shape index (κ1) is 22.1. The first-order valence-electron chi connectivity index (χ1n) is 13.4. The van der Waals surface area contributed by atoms with Gasteiger partial charge in [-0.25, -0.2) is 14.5 Å². The topological polar surface area (TPSA) is 151 Å². The molecule has 1 aromatic carbocycles. The molecule has 0 unspecified atom stereocenters. The summed E-state index contributed by atoms with van der Waals surface area (Å²) in [6.45, 7) is -3.48. The lowest BCUT2D eigenvalue weighted by atomic mass is 9.96. The molecule has 1 aliphatic heterocycles. The zero-order chi connectivity index (χ0) is 31.1. The number of rotatable bonds is 4. The predicted molar refractivity (Wildman–Crippen MR) is 136 cm³/mol. The summed E-state index contributed by atoms with van der Waals surface area (Å²) in [5.74, 6) is -1.93. The van der Waals surface area contributed by atoms with Crippen LogP contribution >= 0.6 is 0 Å². The van der Waals surface area contributed by atoms with Crippen molar-refractivity contribution in [1.82, 2.24) is 25.0 Å². The number of nitrogens with one attached hydrogen (secondary N) is 2. The van der Waals surface area contributed by atoms with Crippen LogP contribution < -0.4 is 26.2 Å². The van der Waals surface area contributed by atoms with E-state index in [1.807, 2.05) is 6.07 Å². The SMILES string of the molecule is [2H]C([2H])([2H])Nc1nc(-c2cnn(C)c2-c2c(F)cc3c(c2C#N)OC2(CC2)CN3C(F)(F)F)cc2c(CN)n[nH]c(=O)c12. The molecule has 0 atom stereocenters. The minimum Gasteiger partial charge on any atom is -0.482 e. The van der Waals surface area contributed by atoms with Crippen LogP contribution in [0.2, 0.25) is 0 Å². The first-order valence-corrected chi connectivity index (χ1v) is 11.9. The molecule has 1 saturated carbocycles. The molecule has 40 heavy (non-hydrogen) atoms. The maximum absolute atomic E-state index is 15.9. The summed E-state index contributed by atoms with van der Waals surface area (Å²) < 4.78 is 88.1. The number of aryl methyl sites for hydroxylation is 1. The Morgan fingerprint density at radius 3 is 2.80 bits per heavy atom. The van der Waals surface area contributed by atoms with Gasteiger partial charge < -0.3 is 15.8 Å². The van der Waals surface area contributed by atoms with Crippen LogP contribution in [0.4, 0.5) is 29.1 Å². The van der Waals surface area contributed by atoms with Gasteiger partial charge in [0, 0.05) is 41.7 Å². The Bertz CT molecular complexity index is 1910. The van der Waals surface area contributed by atoms with E-state index in [2.05, 4.69) is 25.6 Å². The van der Waals surface area contributed by atoms with Gasteiger partial charge in [0.15, 0.2) is 5.75 Å². The van der Waals surface area contributed by atoms with E-state index < -0.39 is 59.4 Å². The minimum absolute atomic E-state index is 0.0121. The lowest BCUT2D eigenvalue weighted by Gasteiger charge is -2.38. The van der Waals surface area contributed by atoms with Gasteiger partial charge in [-0.15, -0.1) is 0 Å². The number of nitriles is 1. The average Bonchev–Trinajstić information content (AvgIpc) is 3.56. The van der Waals surface area contributed by atoms with Crippen LogP contribution in [0.3, 0.4) is 0 Å². The lowest BCUT2D eigenvalue weighted by Crippen LogP contribution is -2.49. The molecule has 3 aromatic heterocycles. The van der Waals surface area contributed by atoms with Crippen molar-refractivity contribution >= 4 is 22.3 Å². The lowest BCUT2D eigenvalue weighted by molar-refractivity contribution is -0.135. The number of halogens is 4. The van der Waals surface area contributed by atoms with Crippen LogP contribution in [0.15, 0.2) is 23.1 Å².